The summed E-state index contributed by atoms with van der Waals surface area (Å²) in [5.41, 5.74) is 5.99. The Morgan fingerprint density at radius 1 is 1.07 bits per heavy atom. The van der Waals surface area contributed by atoms with E-state index in [1.165, 1.54) is 17.7 Å². The highest BCUT2D eigenvalue weighted by Gasteiger charge is 2.13. The van der Waals surface area contributed by atoms with Gasteiger partial charge in [0.1, 0.15) is 5.82 Å². The van der Waals surface area contributed by atoms with Crippen LogP contribution in [0.25, 0.3) is 0 Å². The van der Waals surface area contributed by atoms with E-state index >= 15 is 0 Å². The highest BCUT2D eigenvalue weighted by atomic mass is 32.1. The summed E-state index contributed by atoms with van der Waals surface area (Å²) in [5.74, 6) is 0.310. The largest absolute Gasteiger partial charge is 0.332 e. The molecule has 3 rings (SSSR count). The molecule has 1 unspecified atom stereocenters. The molecule has 1 atom stereocenters. The van der Waals surface area contributed by atoms with Gasteiger partial charge in [0.2, 0.25) is 0 Å². The average molecular weight is 411 g/mol. The van der Waals surface area contributed by atoms with E-state index < -0.39 is 0 Å². The summed E-state index contributed by atoms with van der Waals surface area (Å²) in [4.78, 5) is 0. The third-order valence-electron chi connectivity index (χ3n) is 5.22. The highest BCUT2D eigenvalue weighted by molar-refractivity contribution is 7.80. The Morgan fingerprint density at radius 3 is 2.34 bits per heavy atom. The van der Waals surface area contributed by atoms with Crippen LogP contribution in [0.3, 0.4) is 0 Å². The summed E-state index contributed by atoms with van der Waals surface area (Å²) in [5, 5.41) is 11.6. The van der Waals surface area contributed by atoms with E-state index in [9.17, 15) is 4.39 Å². The average Bonchev–Trinajstić information content (AvgIpc) is 2.97. The number of rotatable bonds is 6. The molecule has 0 saturated carbocycles. The molecule has 0 radical (unpaired) electrons. The van der Waals surface area contributed by atoms with Gasteiger partial charge in [0.25, 0.3) is 0 Å². The summed E-state index contributed by atoms with van der Waals surface area (Å²) < 4.78 is 15.0. The first-order valence-corrected chi connectivity index (χ1v) is 10.2. The Balaban J connectivity index is 1.67. The lowest BCUT2D eigenvalue weighted by atomic mass is 9.99. The lowest BCUT2D eigenvalue weighted by Gasteiger charge is -2.13. The van der Waals surface area contributed by atoms with Gasteiger partial charge in [0.05, 0.1) is 23.6 Å². The van der Waals surface area contributed by atoms with Crippen LogP contribution >= 0.6 is 12.2 Å². The Morgan fingerprint density at radius 2 is 1.72 bits per heavy atom. The number of halogens is 1. The number of nitrogens with zero attached hydrogens (tertiary/aromatic N) is 2. The zero-order valence-corrected chi connectivity index (χ0v) is 18.1. The molecule has 0 amide bonds. The molecule has 2 aromatic carbocycles. The quantitative estimate of drug-likeness (QED) is 0.488. The maximum atomic E-state index is 13.1. The highest BCUT2D eigenvalue weighted by Crippen LogP contribution is 2.23. The van der Waals surface area contributed by atoms with Gasteiger partial charge in [-0.25, -0.2) is 4.39 Å². The molecule has 0 aliphatic rings. The van der Waals surface area contributed by atoms with E-state index in [-0.39, 0.29) is 5.82 Å². The second-order valence-corrected chi connectivity index (χ2v) is 7.75. The molecule has 0 aliphatic carbocycles. The number of nitrogens with one attached hydrogen (secondary N) is 2. The molecule has 0 spiro atoms. The second kappa shape index (κ2) is 9.18. The molecule has 152 valence electrons. The van der Waals surface area contributed by atoms with Gasteiger partial charge in [0.15, 0.2) is 5.11 Å². The van der Waals surface area contributed by atoms with Gasteiger partial charge in [-0.3, -0.25) is 4.68 Å². The smallest absolute Gasteiger partial charge is 0.175 e. The first-order chi connectivity index (χ1) is 13.9. The van der Waals surface area contributed by atoms with Crippen LogP contribution in [0.5, 0.6) is 0 Å². The standard InChI is InChI=1S/C23H27FN4S/c1-5-15(2)19-8-12-21(13-9-19)25-23(29)26-22-16(3)27-28(17(22)4)14-18-6-10-20(24)11-7-18/h6-13,15H,5,14H2,1-4H3,(H2,25,26,29). The minimum Gasteiger partial charge on any atom is -0.332 e. The first-order valence-electron chi connectivity index (χ1n) is 9.83. The molecule has 0 bridgehead atoms. The van der Waals surface area contributed by atoms with Crippen LogP contribution in [0.4, 0.5) is 15.8 Å². The molecule has 3 aromatic rings. The minimum atomic E-state index is -0.238. The molecule has 2 N–H and O–H groups in total. The fourth-order valence-electron chi connectivity index (χ4n) is 3.20. The summed E-state index contributed by atoms with van der Waals surface area (Å²) >= 11 is 5.50. The Hall–Kier alpha value is -2.73. The van der Waals surface area contributed by atoms with Gasteiger partial charge >= 0.3 is 0 Å². The maximum Gasteiger partial charge on any atom is 0.175 e. The topological polar surface area (TPSA) is 41.9 Å². The molecule has 0 saturated heterocycles. The van der Waals surface area contributed by atoms with Crippen LogP contribution in [-0.2, 0) is 6.54 Å². The summed E-state index contributed by atoms with van der Waals surface area (Å²) in [6, 6.07) is 14.8. The summed E-state index contributed by atoms with van der Waals surface area (Å²) in [7, 11) is 0. The van der Waals surface area contributed by atoms with Crippen molar-refractivity contribution in [1.82, 2.24) is 9.78 Å². The molecule has 0 fully saturated rings. The fourth-order valence-corrected chi connectivity index (χ4v) is 3.42. The van der Waals surface area contributed by atoms with Gasteiger partial charge in [-0.2, -0.15) is 5.10 Å². The van der Waals surface area contributed by atoms with Crippen molar-refractivity contribution in [2.75, 3.05) is 10.6 Å². The molecule has 29 heavy (non-hydrogen) atoms. The van der Waals surface area contributed by atoms with E-state index in [1.807, 2.05) is 30.7 Å². The van der Waals surface area contributed by atoms with Crippen LogP contribution in [0, 0.1) is 19.7 Å². The van der Waals surface area contributed by atoms with Gasteiger partial charge in [-0.15, -0.1) is 0 Å². The van der Waals surface area contributed by atoms with Crippen LogP contribution in [-0.4, -0.2) is 14.9 Å². The number of hydrogen-bond donors (Lipinski definition) is 2. The van der Waals surface area contributed by atoms with Crippen molar-refractivity contribution >= 4 is 28.7 Å². The molecular formula is C23H27FN4S. The van der Waals surface area contributed by atoms with Crippen LogP contribution in [0.15, 0.2) is 48.5 Å². The van der Waals surface area contributed by atoms with Crippen LogP contribution < -0.4 is 10.6 Å². The predicted molar refractivity (Wildman–Crippen MR) is 122 cm³/mol. The second-order valence-electron chi connectivity index (χ2n) is 7.34. The normalized spacial score (nSPS) is 11.9. The minimum absolute atomic E-state index is 0.238. The third kappa shape index (κ3) is 5.21. The van der Waals surface area contributed by atoms with Gasteiger partial charge in [-0.05, 0) is 73.8 Å². The molecule has 0 aliphatic heterocycles. The number of anilines is 2. The first kappa shape index (κ1) is 21.0. The van der Waals surface area contributed by atoms with Gasteiger partial charge in [0, 0.05) is 5.69 Å². The lowest BCUT2D eigenvalue weighted by molar-refractivity contribution is 0.622. The number of aryl methyl sites for hydroxylation is 1. The van der Waals surface area contributed by atoms with E-state index in [2.05, 4.69) is 41.7 Å². The molecule has 1 heterocycles. The van der Waals surface area contributed by atoms with E-state index in [4.69, 9.17) is 12.2 Å². The van der Waals surface area contributed by atoms with E-state index in [1.54, 1.807) is 12.1 Å². The van der Waals surface area contributed by atoms with Crippen molar-refractivity contribution < 1.29 is 4.39 Å². The summed E-state index contributed by atoms with van der Waals surface area (Å²) in [6.07, 6.45) is 1.12. The van der Waals surface area contributed by atoms with Crippen molar-refractivity contribution in [2.45, 2.75) is 46.6 Å². The fraction of sp³-hybridized carbons (Fsp3) is 0.304. The number of benzene rings is 2. The van der Waals surface area contributed by atoms with E-state index in [0.717, 1.165) is 34.7 Å². The van der Waals surface area contributed by atoms with Gasteiger partial charge in [-0.1, -0.05) is 38.1 Å². The monoisotopic (exact) mass is 410 g/mol. The van der Waals surface area contributed by atoms with Crippen molar-refractivity contribution in [3.05, 3.63) is 76.9 Å². The molecular weight excluding hydrogens is 383 g/mol. The number of aromatic nitrogens is 2. The van der Waals surface area contributed by atoms with Gasteiger partial charge < -0.3 is 10.6 Å². The third-order valence-corrected chi connectivity index (χ3v) is 5.42. The Bertz CT molecular complexity index is 977. The summed E-state index contributed by atoms with van der Waals surface area (Å²) in [6.45, 7) is 8.93. The van der Waals surface area contributed by atoms with Crippen LogP contribution in [0.1, 0.15) is 48.7 Å². The van der Waals surface area contributed by atoms with Crippen molar-refractivity contribution in [1.29, 1.82) is 0 Å². The van der Waals surface area contributed by atoms with Crippen molar-refractivity contribution in [3.63, 3.8) is 0 Å². The SMILES string of the molecule is CCC(C)c1ccc(NC(=S)Nc2c(C)nn(Cc3ccc(F)cc3)c2C)cc1. The number of hydrogen-bond acceptors (Lipinski definition) is 2. The van der Waals surface area contributed by atoms with Crippen molar-refractivity contribution in [3.8, 4) is 0 Å². The Kier molecular flexibility index (Phi) is 6.64. The Labute approximate surface area is 177 Å². The van der Waals surface area contributed by atoms with E-state index in [0.29, 0.717) is 17.6 Å². The zero-order chi connectivity index (χ0) is 21.0. The molecule has 6 heteroatoms. The zero-order valence-electron chi connectivity index (χ0n) is 17.3. The molecule has 4 nitrogen and oxygen atoms in total. The van der Waals surface area contributed by atoms with Crippen LogP contribution in [0.2, 0.25) is 0 Å². The molecule has 1 aromatic heterocycles. The number of thiocarbonyl (C=S) groups is 1. The predicted octanol–water partition coefficient (Wildman–Crippen LogP) is 6.01. The maximum absolute atomic E-state index is 13.1. The van der Waals surface area contributed by atoms with Crippen molar-refractivity contribution in [2.24, 2.45) is 0 Å². The lowest BCUT2D eigenvalue weighted by Crippen LogP contribution is -2.20.